The number of nitrogens with one attached hydrogen (secondary N) is 1. The summed E-state index contributed by atoms with van der Waals surface area (Å²) in [5.74, 6) is 0. The fourth-order valence-electron chi connectivity index (χ4n) is 1.86. The van der Waals surface area contributed by atoms with Gasteiger partial charge in [-0.1, -0.05) is 13.8 Å². The van der Waals surface area contributed by atoms with Gasteiger partial charge in [-0.05, 0) is 26.9 Å². The lowest BCUT2D eigenvalue weighted by molar-refractivity contribution is 0.222. The van der Waals surface area contributed by atoms with Crippen molar-refractivity contribution in [2.45, 2.75) is 39.8 Å². The second kappa shape index (κ2) is 6.99. The number of rotatable bonds is 7. The molecule has 4 heteroatoms. The van der Waals surface area contributed by atoms with E-state index in [1.807, 2.05) is 11.6 Å². The summed E-state index contributed by atoms with van der Waals surface area (Å²) in [6, 6.07) is 0.940. The summed E-state index contributed by atoms with van der Waals surface area (Å²) in [6.07, 6.45) is 1.87. The zero-order valence-electron chi connectivity index (χ0n) is 10.7. The number of hydrogen-bond acceptors (Lipinski definition) is 4. The van der Waals surface area contributed by atoms with Gasteiger partial charge in [0.2, 0.25) is 0 Å². The maximum Gasteiger partial charge on any atom is 0.109 e. The summed E-state index contributed by atoms with van der Waals surface area (Å²) in [5, 5.41) is 6.74. The SMILES string of the molecule is CCN(CC)C(C)CNC(C)c1nccs1. The highest BCUT2D eigenvalue weighted by molar-refractivity contribution is 7.09. The summed E-state index contributed by atoms with van der Waals surface area (Å²) < 4.78 is 0. The van der Waals surface area contributed by atoms with E-state index in [1.54, 1.807) is 11.3 Å². The van der Waals surface area contributed by atoms with Gasteiger partial charge in [0.15, 0.2) is 0 Å². The van der Waals surface area contributed by atoms with Crippen LogP contribution in [0.1, 0.15) is 38.7 Å². The lowest BCUT2D eigenvalue weighted by Crippen LogP contribution is -2.40. The minimum Gasteiger partial charge on any atom is -0.307 e. The highest BCUT2D eigenvalue weighted by Crippen LogP contribution is 2.14. The molecule has 0 saturated carbocycles. The summed E-state index contributed by atoms with van der Waals surface area (Å²) in [4.78, 5) is 6.78. The van der Waals surface area contributed by atoms with Crippen molar-refractivity contribution in [1.29, 1.82) is 0 Å². The molecule has 0 bridgehead atoms. The molecule has 0 saturated heterocycles. The quantitative estimate of drug-likeness (QED) is 0.795. The highest BCUT2D eigenvalue weighted by Gasteiger charge is 2.12. The molecule has 0 fully saturated rings. The number of nitrogens with zero attached hydrogens (tertiary/aromatic N) is 2. The average molecular weight is 241 g/mol. The Morgan fingerprint density at radius 2 is 2.06 bits per heavy atom. The smallest absolute Gasteiger partial charge is 0.109 e. The van der Waals surface area contributed by atoms with Crippen LogP contribution in [0.5, 0.6) is 0 Å². The molecule has 0 aliphatic carbocycles. The van der Waals surface area contributed by atoms with Gasteiger partial charge in [-0.25, -0.2) is 4.98 Å². The van der Waals surface area contributed by atoms with Crippen molar-refractivity contribution in [1.82, 2.24) is 15.2 Å². The topological polar surface area (TPSA) is 28.2 Å². The van der Waals surface area contributed by atoms with E-state index in [4.69, 9.17) is 0 Å². The van der Waals surface area contributed by atoms with E-state index in [9.17, 15) is 0 Å². The predicted molar refractivity (Wildman–Crippen MR) is 70.9 cm³/mol. The van der Waals surface area contributed by atoms with Crippen molar-refractivity contribution in [3.63, 3.8) is 0 Å². The number of thiazole rings is 1. The summed E-state index contributed by atoms with van der Waals surface area (Å²) >= 11 is 1.72. The molecule has 2 unspecified atom stereocenters. The molecule has 0 aliphatic heterocycles. The zero-order valence-corrected chi connectivity index (χ0v) is 11.5. The Bertz CT molecular complexity index is 270. The van der Waals surface area contributed by atoms with Gasteiger partial charge < -0.3 is 5.32 Å². The fraction of sp³-hybridized carbons (Fsp3) is 0.750. The normalized spacial score (nSPS) is 15.3. The van der Waals surface area contributed by atoms with Crippen LogP contribution in [-0.2, 0) is 0 Å². The third-order valence-corrected chi connectivity index (χ3v) is 3.94. The van der Waals surface area contributed by atoms with Gasteiger partial charge in [0.1, 0.15) is 5.01 Å². The predicted octanol–water partition coefficient (Wildman–Crippen LogP) is 2.52. The molecule has 1 aromatic heterocycles. The molecular weight excluding hydrogens is 218 g/mol. The molecule has 0 radical (unpaired) electrons. The lowest BCUT2D eigenvalue weighted by atomic mass is 10.2. The molecule has 0 aliphatic rings. The fourth-order valence-corrected chi connectivity index (χ4v) is 2.53. The Labute approximate surface area is 103 Å². The van der Waals surface area contributed by atoms with Crippen molar-refractivity contribution in [2.24, 2.45) is 0 Å². The van der Waals surface area contributed by atoms with Crippen molar-refractivity contribution >= 4 is 11.3 Å². The van der Waals surface area contributed by atoms with Gasteiger partial charge in [0, 0.05) is 24.2 Å². The molecule has 1 N–H and O–H groups in total. The van der Waals surface area contributed by atoms with Crippen LogP contribution in [0.25, 0.3) is 0 Å². The Morgan fingerprint density at radius 1 is 1.38 bits per heavy atom. The molecule has 1 heterocycles. The molecule has 92 valence electrons. The second-order valence-electron chi connectivity index (χ2n) is 4.07. The monoisotopic (exact) mass is 241 g/mol. The van der Waals surface area contributed by atoms with Crippen LogP contribution in [0.4, 0.5) is 0 Å². The van der Waals surface area contributed by atoms with Crippen LogP contribution in [-0.4, -0.2) is 35.6 Å². The van der Waals surface area contributed by atoms with Crippen LogP contribution in [0.2, 0.25) is 0 Å². The van der Waals surface area contributed by atoms with E-state index in [-0.39, 0.29) is 0 Å². The molecule has 0 aromatic carbocycles. The Kier molecular flexibility index (Phi) is 5.95. The number of likely N-dealkylation sites (N-methyl/N-ethyl adjacent to an activating group) is 1. The largest absolute Gasteiger partial charge is 0.307 e. The highest BCUT2D eigenvalue weighted by atomic mass is 32.1. The van der Waals surface area contributed by atoms with Gasteiger partial charge in [-0.2, -0.15) is 0 Å². The van der Waals surface area contributed by atoms with Crippen LogP contribution in [0.15, 0.2) is 11.6 Å². The van der Waals surface area contributed by atoms with E-state index in [1.165, 1.54) is 5.01 Å². The van der Waals surface area contributed by atoms with Crippen molar-refractivity contribution in [2.75, 3.05) is 19.6 Å². The van der Waals surface area contributed by atoms with Crippen molar-refractivity contribution < 1.29 is 0 Å². The van der Waals surface area contributed by atoms with E-state index in [2.05, 4.69) is 42.9 Å². The van der Waals surface area contributed by atoms with Gasteiger partial charge in [0.25, 0.3) is 0 Å². The zero-order chi connectivity index (χ0) is 12.0. The molecule has 0 spiro atoms. The van der Waals surface area contributed by atoms with Crippen LogP contribution >= 0.6 is 11.3 Å². The van der Waals surface area contributed by atoms with Gasteiger partial charge in [-0.3, -0.25) is 4.90 Å². The second-order valence-corrected chi connectivity index (χ2v) is 5.00. The molecular formula is C12H23N3S. The molecule has 2 atom stereocenters. The van der Waals surface area contributed by atoms with Gasteiger partial charge >= 0.3 is 0 Å². The Morgan fingerprint density at radius 3 is 2.56 bits per heavy atom. The van der Waals surface area contributed by atoms with Gasteiger partial charge in [0.05, 0.1) is 6.04 Å². The molecule has 1 rings (SSSR count). The maximum absolute atomic E-state index is 4.32. The molecule has 0 amide bonds. The Balaban J connectivity index is 2.34. The van der Waals surface area contributed by atoms with Crippen LogP contribution in [0, 0.1) is 0 Å². The summed E-state index contributed by atoms with van der Waals surface area (Å²) in [7, 11) is 0. The molecule has 16 heavy (non-hydrogen) atoms. The Hall–Kier alpha value is -0.450. The maximum atomic E-state index is 4.32. The standard InChI is InChI=1S/C12H23N3S/c1-5-15(6-2)10(3)9-14-11(4)12-13-7-8-16-12/h7-8,10-11,14H,5-6,9H2,1-4H3. The summed E-state index contributed by atoms with van der Waals surface area (Å²) in [5.41, 5.74) is 0. The third-order valence-electron chi connectivity index (χ3n) is 2.98. The minimum atomic E-state index is 0.359. The number of hydrogen-bond donors (Lipinski definition) is 1. The molecule has 1 aromatic rings. The first kappa shape index (κ1) is 13.6. The van der Waals surface area contributed by atoms with Crippen LogP contribution in [0.3, 0.4) is 0 Å². The van der Waals surface area contributed by atoms with Gasteiger partial charge in [-0.15, -0.1) is 11.3 Å². The molecule has 3 nitrogen and oxygen atoms in total. The van der Waals surface area contributed by atoms with E-state index in [0.717, 1.165) is 19.6 Å². The first-order valence-corrected chi connectivity index (χ1v) is 6.93. The summed E-state index contributed by atoms with van der Waals surface area (Å²) in [6.45, 7) is 12.1. The van der Waals surface area contributed by atoms with E-state index >= 15 is 0 Å². The average Bonchev–Trinajstić information content (AvgIpc) is 2.81. The lowest BCUT2D eigenvalue weighted by Gasteiger charge is -2.27. The number of aromatic nitrogens is 1. The van der Waals surface area contributed by atoms with Crippen LogP contribution < -0.4 is 5.32 Å². The van der Waals surface area contributed by atoms with Crippen molar-refractivity contribution in [3.8, 4) is 0 Å². The first-order valence-electron chi connectivity index (χ1n) is 6.05. The van der Waals surface area contributed by atoms with E-state index in [0.29, 0.717) is 12.1 Å². The van der Waals surface area contributed by atoms with Crippen molar-refractivity contribution in [3.05, 3.63) is 16.6 Å². The first-order chi connectivity index (χ1) is 7.69. The minimum absolute atomic E-state index is 0.359. The third kappa shape index (κ3) is 3.85. The van der Waals surface area contributed by atoms with E-state index < -0.39 is 0 Å².